The van der Waals surface area contributed by atoms with E-state index < -0.39 is 23.4 Å². The SMILES string of the molecule is CC1=C[C@@H]2N(c3ccccc31)[C@H](C(=O)c1ccccc1)[C@H](C(=O)c1ccncc1)[C@]21C(=O)Nc2ccccc21. The molecule has 1 aromatic heterocycles. The third kappa shape index (κ3) is 3.15. The summed E-state index contributed by atoms with van der Waals surface area (Å²) in [5.41, 5.74) is 3.86. The Hall–Kier alpha value is -4.84. The first kappa shape index (κ1) is 23.3. The summed E-state index contributed by atoms with van der Waals surface area (Å²) in [4.78, 5) is 49.6. The zero-order chi connectivity index (χ0) is 26.7. The van der Waals surface area contributed by atoms with Crippen molar-refractivity contribution in [3.05, 3.63) is 132 Å². The minimum atomic E-state index is -1.32. The van der Waals surface area contributed by atoms with Crippen molar-refractivity contribution < 1.29 is 14.4 Å². The van der Waals surface area contributed by atoms with E-state index in [-0.39, 0.29) is 17.5 Å². The predicted molar refractivity (Wildman–Crippen MR) is 150 cm³/mol. The summed E-state index contributed by atoms with van der Waals surface area (Å²) in [5.74, 6) is -1.70. The number of ketones is 2. The molecular weight excluding hydrogens is 486 g/mol. The van der Waals surface area contributed by atoms with Crippen LogP contribution in [0.25, 0.3) is 5.57 Å². The molecule has 4 heterocycles. The minimum Gasteiger partial charge on any atom is -0.352 e. The van der Waals surface area contributed by atoms with Gasteiger partial charge >= 0.3 is 0 Å². The van der Waals surface area contributed by atoms with Crippen LogP contribution in [-0.2, 0) is 10.2 Å². The highest BCUT2D eigenvalue weighted by Crippen LogP contribution is 2.58. The molecule has 0 saturated carbocycles. The highest BCUT2D eigenvalue weighted by atomic mass is 16.2. The van der Waals surface area contributed by atoms with Gasteiger partial charge in [-0.2, -0.15) is 0 Å². The first-order valence-corrected chi connectivity index (χ1v) is 13.0. The van der Waals surface area contributed by atoms with Crippen LogP contribution in [0.1, 0.15) is 38.8 Å². The number of nitrogens with one attached hydrogen (secondary N) is 1. The van der Waals surface area contributed by atoms with Crippen molar-refractivity contribution in [2.24, 2.45) is 5.92 Å². The maximum absolute atomic E-state index is 14.6. The van der Waals surface area contributed by atoms with E-state index in [0.29, 0.717) is 16.8 Å². The monoisotopic (exact) mass is 511 g/mol. The fraction of sp³-hybridized carbons (Fsp3) is 0.152. The van der Waals surface area contributed by atoms with E-state index in [0.717, 1.165) is 22.4 Å². The Morgan fingerprint density at radius 3 is 2.28 bits per heavy atom. The summed E-state index contributed by atoms with van der Waals surface area (Å²) in [6.07, 6.45) is 5.20. The maximum atomic E-state index is 14.6. The molecule has 4 aromatic rings. The Balaban J connectivity index is 1.57. The molecule has 39 heavy (non-hydrogen) atoms. The second kappa shape index (κ2) is 8.60. The summed E-state index contributed by atoms with van der Waals surface area (Å²) in [5, 5.41) is 3.07. The molecule has 0 radical (unpaired) electrons. The second-order valence-corrected chi connectivity index (χ2v) is 10.3. The molecule has 1 amide bonds. The average molecular weight is 512 g/mol. The molecule has 4 atom stereocenters. The molecule has 0 aliphatic carbocycles. The van der Waals surface area contributed by atoms with E-state index >= 15 is 0 Å². The van der Waals surface area contributed by atoms with Crippen LogP contribution < -0.4 is 10.2 Å². The molecule has 7 rings (SSSR count). The van der Waals surface area contributed by atoms with Gasteiger partial charge in [-0.15, -0.1) is 0 Å². The van der Waals surface area contributed by atoms with Gasteiger partial charge in [-0.1, -0.05) is 72.8 Å². The third-order valence-corrected chi connectivity index (χ3v) is 8.46. The number of aromatic nitrogens is 1. The largest absolute Gasteiger partial charge is 0.352 e. The Morgan fingerprint density at radius 2 is 1.49 bits per heavy atom. The predicted octanol–water partition coefficient (Wildman–Crippen LogP) is 5.33. The van der Waals surface area contributed by atoms with Crippen molar-refractivity contribution in [1.82, 2.24) is 4.98 Å². The first-order chi connectivity index (χ1) is 19.0. The Kier molecular flexibility index (Phi) is 5.13. The molecule has 6 heteroatoms. The van der Waals surface area contributed by atoms with Crippen LogP contribution in [0.2, 0.25) is 0 Å². The smallest absolute Gasteiger partial charge is 0.238 e. The number of carbonyl (C=O) groups excluding carboxylic acids is 3. The molecule has 0 bridgehead atoms. The number of Topliss-reactive ketones (excluding diaryl/α,β-unsaturated/α-hetero) is 2. The third-order valence-electron chi connectivity index (χ3n) is 8.46. The van der Waals surface area contributed by atoms with Gasteiger partial charge in [-0.05, 0) is 42.3 Å². The summed E-state index contributed by atoms with van der Waals surface area (Å²) in [6, 6.07) is 26.3. The molecule has 0 unspecified atom stereocenters. The molecule has 3 aromatic carbocycles. The van der Waals surface area contributed by atoms with Crippen LogP contribution in [0.4, 0.5) is 11.4 Å². The number of benzene rings is 3. The Bertz CT molecular complexity index is 1680. The van der Waals surface area contributed by atoms with Gasteiger partial charge in [0.15, 0.2) is 11.6 Å². The van der Waals surface area contributed by atoms with Crippen molar-refractivity contribution in [2.45, 2.75) is 24.4 Å². The molecule has 1 spiro atoms. The zero-order valence-corrected chi connectivity index (χ0v) is 21.2. The molecule has 1 N–H and O–H groups in total. The fourth-order valence-electron chi connectivity index (χ4n) is 6.86. The average Bonchev–Trinajstić information content (AvgIpc) is 3.45. The zero-order valence-electron chi connectivity index (χ0n) is 21.2. The van der Waals surface area contributed by atoms with E-state index in [1.54, 1.807) is 36.7 Å². The quantitative estimate of drug-likeness (QED) is 0.375. The lowest BCUT2D eigenvalue weighted by Gasteiger charge is -2.39. The number of pyridine rings is 1. The topological polar surface area (TPSA) is 79.4 Å². The van der Waals surface area contributed by atoms with Crippen molar-refractivity contribution in [3.8, 4) is 0 Å². The number of carbonyl (C=O) groups is 3. The lowest BCUT2D eigenvalue weighted by atomic mass is 9.64. The minimum absolute atomic E-state index is 0.190. The molecule has 3 aliphatic heterocycles. The lowest BCUT2D eigenvalue weighted by Crippen LogP contribution is -2.51. The van der Waals surface area contributed by atoms with E-state index in [9.17, 15) is 14.4 Å². The number of rotatable bonds is 4. The number of amides is 1. The summed E-state index contributed by atoms with van der Waals surface area (Å²) < 4.78 is 0. The molecule has 190 valence electrons. The number of fused-ring (bicyclic) bond motifs is 6. The van der Waals surface area contributed by atoms with Crippen LogP contribution in [0, 0.1) is 5.92 Å². The maximum Gasteiger partial charge on any atom is 0.238 e. The van der Waals surface area contributed by atoms with Crippen LogP contribution in [0.5, 0.6) is 0 Å². The summed E-state index contributed by atoms with van der Waals surface area (Å²) in [7, 11) is 0. The van der Waals surface area contributed by atoms with Gasteiger partial charge in [0.2, 0.25) is 5.91 Å². The first-order valence-electron chi connectivity index (χ1n) is 13.0. The van der Waals surface area contributed by atoms with Gasteiger partial charge in [0.05, 0.1) is 12.0 Å². The van der Waals surface area contributed by atoms with Crippen LogP contribution in [-0.4, -0.2) is 34.5 Å². The van der Waals surface area contributed by atoms with Crippen molar-refractivity contribution in [2.75, 3.05) is 10.2 Å². The van der Waals surface area contributed by atoms with Crippen LogP contribution in [0.3, 0.4) is 0 Å². The number of anilines is 2. The number of nitrogens with zero attached hydrogens (tertiary/aromatic N) is 2. The summed E-state index contributed by atoms with van der Waals surface area (Å²) >= 11 is 0. The van der Waals surface area contributed by atoms with Crippen LogP contribution >= 0.6 is 0 Å². The molecule has 1 fully saturated rings. The van der Waals surface area contributed by atoms with Crippen LogP contribution in [0.15, 0.2) is 109 Å². The normalized spacial score (nSPS) is 24.4. The van der Waals surface area contributed by atoms with Gasteiger partial charge in [0.1, 0.15) is 11.5 Å². The van der Waals surface area contributed by atoms with E-state index in [4.69, 9.17) is 0 Å². The number of hydrogen-bond donors (Lipinski definition) is 1. The molecule has 3 aliphatic rings. The summed E-state index contributed by atoms with van der Waals surface area (Å²) in [6.45, 7) is 2.02. The number of allylic oxidation sites excluding steroid dienone is 1. The van der Waals surface area contributed by atoms with Gasteiger partial charge in [-0.25, -0.2) is 0 Å². The highest BCUT2D eigenvalue weighted by molar-refractivity contribution is 6.18. The van der Waals surface area contributed by atoms with Crippen molar-refractivity contribution in [3.63, 3.8) is 0 Å². The molecule has 6 nitrogen and oxygen atoms in total. The van der Waals surface area contributed by atoms with Crippen molar-refractivity contribution >= 4 is 34.4 Å². The lowest BCUT2D eigenvalue weighted by molar-refractivity contribution is -0.121. The second-order valence-electron chi connectivity index (χ2n) is 10.3. The fourth-order valence-corrected chi connectivity index (χ4v) is 6.86. The van der Waals surface area contributed by atoms with Crippen molar-refractivity contribution in [1.29, 1.82) is 0 Å². The van der Waals surface area contributed by atoms with Gasteiger partial charge in [-0.3, -0.25) is 19.4 Å². The molecular formula is C33H25N3O3. The molecule has 1 saturated heterocycles. The van der Waals surface area contributed by atoms with Gasteiger partial charge < -0.3 is 10.2 Å². The number of para-hydroxylation sites is 2. The van der Waals surface area contributed by atoms with Gasteiger partial charge in [0.25, 0.3) is 0 Å². The van der Waals surface area contributed by atoms with E-state index in [2.05, 4.69) is 16.4 Å². The van der Waals surface area contributed by atoms with Gasteiger partial charge in [0, 0.05) is 40.5 Å². The van der Waals surface area contributed by atoms with E-state index in [1.807, 2.05) is 78.6 Å². The standard InChI is InChI=1S/C33H25N3O3/c1-20-19-27-33(24-12-6-7-13-25(24)35-32(33)39)28(30(37)22-15-17-34-18-16-22)29(31(38)21-9-3-2-4-10-21)36(27)26-14-8-5-11-23(20)26/h2-19,27-29H,1H3,(H,35,39)/t27-,28+,29-,33+/m0/s1. The number of hydrogen-bond acceptors (Lipinski definition) is 5. The van der Waals surface area contributed by atoms with E-state index in [1.165, 1.54) is 0 Å². The Labute approximate surface area is 226 Å². The Morgan fingerprint density at radius 1 is 0.821 bits per heavy atom. The highest BCUT2D eigenvalue weighted by Gasteiger charge is 2.70.